The Kier molecular flexibility index (Phi) is 3.82. The number of β-amino-alcohol motifs (C(OH)–C–C–N with tert-alkyl or cyclic N) is 1. The minimum Gasteiger partial charge on any atom is -0.480 e. The highest BCUT2D eigenvalue weighted by Gasteiger charge is 2.41. The number of carboxylic acids is 1. The van der Waals surface area contributed by atoms with Gasteiger partial charge in [-0.1, -0.05) is 30.3 Å². The van der Waals surface area contributed by atoms with E-state index in [1.807, 2.05) is 0 Å². The van der Waals surface area contributed by atoms with Gasteiger partial charge in [0.2, 0.25) is 0 Å². The molecule has 0 aliphatic carbocycles. The Morgan fingerprint density at radius 1 is 1.26 bits per heavy atom. The van der Waals surface area contributed by atoms with Crippen molar-refractivity contribution in [2.45, 2.75) is 24.7 Å². The molecule has 1 aliphatic rings. The van der Waals surface area contributed by atoms with Gasteiger partial charge in [0.05, 0.1) is 6.10 Å². The number of aliphatic hydroxyl groups excluding tert-OH is 2. The minimum absolute atomic E-state index is 0.0113. The Morgan fingerprint density at radius 2 is 1.89 bits per heavy atom. The Morgan fingerprint density at radius 3 is 2.47 bits per heavy atom. The van der Waals surface area contributed by atoms with E-state index >= 15 is 0 Å². The van der Waals surface area contributed by atoms with Crippen LogP contribution in [0.4, 0.5) is 0 Å². The Labute approximate surface area is 109 Å². The number of rotatable bonds is 3. The summed E-state index contributed by atoms with van der Waals surface area (Å²) in [5.41, 5.74) is 0.401. The highest BCUT2D eigenvalue weighted by molar-refractivity contribution is 5.87. The highest BCUT2D eigenvalue weighted by Crippen LogP contribution is 2.23. The SMILES string of the molecule is O=C(O)[C@@H]1C[C@@H](O)CN1C(=O)C(O)c1ccccc1. The second-order valence-corrected chi connectivity index (χ2v) is 4.55. The van der Waals surface area contributed by atoms with Gasteiger partial charge in [-0.3, -0.25) is 4.79 Å². The largest absolute Gasteiger partial charge is 0.480 e. The predicted molar refractivity (Wildman–Crippen MR) is 65.2 cm³/mol. The van der Waals surface area contributed by atoms with Crippen molar-refractivity contribution in [2.24, 2.45) is 0 Å². The number of carbonyl (C=O) groups is 2. The lowest BCUT2D eigenvalue weighted by Crippen LogP contribution is -2.43. The number of likely N-dealkylation sites (tertiary alicyclic amines) is 1. The third kappa shape index (κ3) is 2.74. The lowest BCUT2D eigenvalue weighted by molar-refractivity contribution is -0.152. The summed E-state index contributed by atoms with van der Waals surface area (Å²) in [5, 5.41) is 28.5. The van der Waals surface area contributed by atoms with Gasteiger partial charge >= 0.3 is 5.97 Å². The van der Waals surface area contributed by atoms with E-state index in [-0.39, 0.29) is 13.0 Å². The van der Waals surface area contributed by atoms with Crippen LogP contribution in [-0.2, 0) is 9.59 Å². The number of amides is 1. The van der Waals surface area contributed by atoms with E-state index in [9.17, 15) is 19.8 Å². The fourth-order valence-electron chi connectivity index (χ4n) is 2.23. The zero-order valence-electron chi connectivity index (χ0n) is 10.1. The lowest BCUT2D eigenvalue weighted by Gasteiger charge is -2.24. The summed E-state index contributed by atoms with van der Waals surface area (Å²) in [6.07, 6.45) is -2.29. The Bertz CT molecular complexity index is 475. The Hall–Kier alpha value is -1.92. The minimum atomic E-state index is -1.41. The second-order valence-electron chi connectivity index (χ2n) is 4.55. The van der Waals surface area contributed by atoms with Crippen LogP contribution in [0.15, 0.2) is 30.3 Å². The molecule has 1 saturated heterocycles. The smallest absolute Gasteiger partial charge is 0.326 e. The fourth-order valence-corrected chi connectivity index (χ4v) is 2.23. The lowest BCUT2D eigenvalue weighted by atomic mass is 10.1. The number of hydrogen-bond acceptors (Lipinski definition) is 4. The molecule has 19 heavy (non-hydrogen) atoms. The summed E-state index contributed by atoms with van der Waals surface area (Å²) in [6, 6.07) is 7.20. The van der Waals surface area contributed by atoms with Gasteiger partial charge in [-0.2, -0.15) is 0 Å². The zero-order chi connectivity index (χ0) is 14.0. The molecule has 1 unspecified atom stereocenters. The first kappa shape index (κ1) is 13.5. The molecular weight excluding hydrogens is 250 g/mol. The van der Waals surface area contributed by atoms with E-state index in [0.717, 1.165) is 4.90 Å². The molecule has 0 radical (unpaired) electrons. The number of nitrogens with zero attached hydrogens (tertiary/aromatic N) is 1. The molecule has 1 aliphatic heterocycles. The number of hydrogen-bond donors (Lipinski definition) is 3. The van der Waals surface area contributed by atoms with Crippen molar-refractivity contribution in [3.05, 3.63) is 35.9 Å². The maximum Gasteiger partial charge on any atom is 0.326 e. The standard InChI is InChI=1S/C13H15NO5/c15-9-6-10(13(18)19)14(7-9)12(17)11(16)8-4-2-1-3-5-8/h1-5,9-11,15-16H,6-7H2,(H,18,19)/t9-,10+,11?/m1/s1. The molecule has 6 nitrogen and oxygen atoms in total. The predicted octanol–water partition coefficient (Wildman–Crippen LogP) is -0.234. The molecule has 2 rings (SSSR count). The van der Waals surface area contributed by atoms with Gasteiger partial charge in [0.1, 0.15) is 6.04 Å². The molecule has 1 amide bonds. The normalized spacial score (nSPS) is 24.2. The number of carboxylic acid groups (broad SMARTS) is 1. The van der Waals surface area contributed by atoms with Crippen LogP contribution in [-0.4, -0.2) is 50.8 Å². The van der Waals surface area contributed by atoms with Crippen molar-refractivity contribution >= 4 is 11.9 Å². The van der Waals surface area contributed by atoms with Crippen LogP contribution >= 0.6 is 0 Å². The first-order chi connectivity index (χ1) is 9.00. The van der Waals surface area contributed by atoms with Crippen molar-refractivity contribution in [1.82, 2.24) is 4.90 Å². The van der Waals surface area contributed by atoms with Crippen LogP contribution in [0, 0.1) is 0 Å². The summed E-state index contributed by atoms with van der Waals surface area (Å²) < 4.78 is 0. The summed E-state index contributed by atoms with van der Waals surface area (Å²) in [7, 11) is 0. The summed E-state index contributed by atoms with van der Waals surface area (Å²) in [5.74, 6) is -1.87. The van der Waals surface area contributed by atoms with Crippen LogP contribution in [0.3, 0.4) is 0 Å². The number of benzene rings is 1. The monoisotopic (exact) mass is 265 g/mol. The molecule has 3 atom stereocenters. The molecular formula is C13H15NO5. The molecule has 0 bridgehead atoms. The zero-order valence-corrected chi connectivity index (χ0v) is 10.1. The maximum absolute atomic E-state index is 12.1. The molecule has 0 spiro atoms. The maximum atomic E-state index is 12.1. The van der Waals surface area contributed by atoms with Crippen molar-refractivity contribution in [1.29, 1.82) is 0 Å². The number of aliphatic carboxylic acids is 1. The Balaban J connectivity index is 2.17. The van der Waals surface area contributed by atoms with Gasteiger partial charge in [0, 0.05) is 13.0 Å². The topological polar surface area (TPSA) is 98.1 Å². The molecule has 0 saturated carbocycles. The van der Waals surface area contributed by atoms with Gasteiger partial charge in [-0.05, 0) is 5.56 Å². The molecule has 6 heteroatoms. The second kappa shape index (κ2) is 5.38. The van der Waals surface area contributed by atoms with Gasteiger partial charge in [-0.25, -0.2) is 4.79 Å². The van der Waals surface area contributed by atoms with Crippen molar-refractivity contribution in [3.8, 4) is 0 Å². The van der Waals surface area contributed by atoms with Crippen molar-refractivity contribution < 1.29 is 24.9 Å². The molecule has 0 aromatic heterocycles. The van der Waals surface area contributed by atoms with E-state index in [2.05, 4.69) is 0 Å². The molecule has 3 N–H and O–H groups in total. The van der Waals surface area contributed by atoms with Gasteiger partial charge in [0.25, 0.3) is 5.91 Å². The average molecular weight is 265 g/mol. The van der Waals surface area contributed by atoms with Crippen LogP contribution in [0.5, 0.6) is 0 Å². The number of carbonyl (C=O) groups excluding carboxylic acids is 1. The summed E-state index contributed by atoms with van der Waals surface area (Å²) in [6.45, 7) is -0.0697. The molecule has 1 heterocycles. The third-order valence-electron chi connectivity index (χ3n) is 3.20. The molecule has 1 aromatic carbocycles. The molecule has 1 fully saturated rings. The molecule has 102 valence electrons. The van der Waals surface area contributed by atoms with Gasteiger partial charge < -0.3 is 20.2 Å². The number of aliphatic hydroxyl groups is 2. The van der Waals surface area contributed by atoms with Crippen LogP contribution in [0.2, 0.25) is 0 Å². The van der Waals surface area contributed by atoms with Crippen LogP contribution < -0.4 is 0 Å². The summed E-state index contributed by atoms with van der Waals surface area (Å²) >= 11 is 0. The van der Waals surface area contributed by atoms with Crippen LogP contribution in [0.1, 0.15) is 18.1 Å². The average Bonchev–Trinajstić information content (AvgIpc) is 2.80. The van der Waals surface area contributed by atoms with Crippen molar-refractivity contribution in [2.75, 3.05) is 6.54 Å². The quantitative estimate of drug-likeness (QED) is 0.701. The fraction of sp³-hybridized carbons (Fsp3) is 0.385. The molecule has 1 aromatic rings. The summed E-state index contributed by atoms with van der Waals surface area (Å²) in [4.78, 5) is 24.2. The van der Waals surface area contributed by atoms with E-state index in [0.29, 0.717) is 5.56 Å². The van der Waals surface area contributed by atoms with Crippen molar-refractivity contribution in [3.63, 3.8) is 0 Å². The first-order valence-corrected chi connectivity index (χ1v) is 5.95. The highest BCUT2D eigenvalue weighted by atomic mass is 16.4. The first-order valence-electron chi connectivity index (χ1n) is 5.95. The van der Waals surface area contributed by atoms with E-state index < -0.39 is 30.1 Å². The van der Waals surface area contributed by atoms with E-state index in [1.54, 1.807) is 30.3 Å². The van der Waals surface area contributed by atoms with E-state index in [1.165, 1.54) is 0 Å². The third-order valence-corrected chi connectivity index (χ3v) is 3.20. The van der Waals surface area contributed by atoms with Gasteiger partial charge in [-0.15, -0.1) is 0 Å². The van der Waals surface area contributed by atoms with Crippen LogP contribution in [0.25, 0.3) is 0 Å². The van der Waals surface area contributed by atoms with E-state index in [4.69, 9.17) is 5.11 Å². The van der Waals surface area contributed by atoms with Gasteiger partial charge in [0.15, 0.2) is 6.10 Å².